The van der Waals surface area contributed by atoms with Crippen molar-refractivity contribution in [1.82, 2.24) is 25.1 Å². The molecule has 0 unspecified atom stereocenters. The Morgan fingerprint density at radius 1 is 1.13 bits per heavy atom. The van der Waals surface area contributed by atoms with Crippen molar-refractivity contribution >= 4 is 17.7 Å². The van der Waals surface area contributed by atoms with E-state index < -0.39 is 11.7 Å². The minimum absolute atomic E-state index is 0.128. The molecular weight excluding hydrogens is 384 g/mol. The van der Waals surface area contributed by atoms with Crippen LogP contribution in [0.4, 0.5) is 10.5 Å². The Labute approximate surface area is 174 Å². The van der Waals surface area contributed by atoms with E-state index in [1.807, 2.05) is 6.07 Å². The number of nitrogens with zero attached hydrogens (tertiary/aromatic N) is 4. The topological polar surface area (TPSA) is 111 Å². The molecule has 30 heavy (non-hydrogen) atoms. The van der Waals surface area contributed by atoms with Gasteiger partial charge >= 0.3 is 6.09 Å². The number of ether oxygens (including phenoxy) is 1. The molecule has 3 aromatic rings. The van der Waals surface area contributed by atoms with Crippen LogP contribution in [0, 0.1) is 0 Å². The second-order valence-corrected chi connectivity index (χ2v) is 7.60. The molecule has 2 heterocycles. The fourth-order valence-electron chi connectivity index (χ4n) is 2.66. The predicted molar refractivity (Wildman–Crippen MR) is 111 cm³/mol. The van der Waals surface area contributed by atoms with E-state index in [2.05, 4.69) is 25.7 Å². The molecule has 3 rings (SSSR count). The summed E-state index contributed by atoms with van der Waals surface area (Å²) in [6, 6.07) is 10.7. The van der Waals surface area contributed by atoms with Gasteiger partial charge in [-0.3, -0.25) is 10.1 Å². The maximum absolute atomic E-state index is 12.3. The number of pyridine rings is 1. The third-order valence-electron chi connectivity index (χ3n) is 3.94. The molecule has 9 nitrogen and oxygen atoms in total. The van der Waals surface area contributed by atoms with Gasteiger partial charge in [-0.25, -0.2) is 19.4 Å². The Balaban J connectivity index is 1.53. The Morgan fingerprint density at radius 3 is 2.57 bits per heavy atom. The first-order chi connectivity index (χ1) is 14.3. The van der Waals surface area contributed by atoms with Crippen molar-refractivity contribution in [1.29, 1.82) is 0 Å². The zero-order chi connectivity index (χ0) is 21.6. The van der Waals surface area contributed by atoms with Crippen molar-refractivity contribution in [2.75, 3.05) is 5.32 Å². The SMILES string of the molecule is CC(C)(C)OC(=O)Nc1ccc(CC(=O)NCc2cccnc2-n2cncn2)cc1. The number of hydrogen-bond donors (Lipinski definition) is 2. The van der Waals surface area contributed by atoms with Crippen LogP contribution in [0.1, 0.15) is 31.9 Å². The average Bonchev–Trinajstić information content (AvgIpc) is 3.21. The Bertz CT molecular complexity index is 994. The average molecular weight is 408 g/mol. The quantitative estimate of drug-likeness (QED) is 0.649. The van der Waals surface area contributed by atoms with Gasteiger partial charge in [0.05, 0.1) is 6.42 Å². The lowest BCUT2D eigenvalue weighted by atomic mass is 10.1. The molecule has 0 spiro atoms. The number of carbonyl (C=O) groups excluding carboxylic acids is 2. The summed E-state index contributed by atoms with van der Waals surface area (Å²) in [5.74, 6) is 0.490. The summed E-state index contributed by atoms with van der Waals surface area (Å²) >= 11 is 0. The monoisotopic (exact) mass is 408 g/mol. The van der Waals surface area contributed by atoms with Crippen LogP contribution in [0.2, 0.25) is 0 Å². The second kappa shape index (κ2) is 9.17. The number of carbonyl (C=O) groups is 2. The van der Waals surface area contributed by atoms with E-state index in [0.29, 0.717) is 18.1 Å². The van der Waals surface area contributed by atoms with Crippen molar-refractivity contribution in [3.05, 3.63) is 66.4 Å². The zero-order valence-corrected chi connectivity index (χ0v) is 17.1. The van der Waals surface area contributed by atoms with Gasteiger partial charge in [0.25, 0.3) is 0 Å². The summed E-state index contributed by atoms with van der Waals surface area (Å²) in [7, 11) is 0. The third kappa shape index (κ3) is 6.13. The number of anilines is 1. The predicted octanol–water partition coefficient (Wildman–Crippen LogP) is 2.87. The highest BCUT2D eigenvalue weighted by Gasteiger charge is 2.16. The van der Waals surface area contributed by atoms with E-state index in [-0.39, 0.29) is 12.3 Å². The zero-order valence-electron chi connectivity index (χ0n) is 17.1. The summed E-state index contributed by atoms with van der Waals surface area (Å²) in [4.78, 5) is 32.4. The van der Waals surface area contributed by atoms with E-state index in [9.17, 15) is 9.59 Å². The largest absolute Gasteiger partial charge is 0.444 e. The van der Waals surface area contributed by atoms with Crippen LogP contribution >= 0.6 is 0 Å². The molecule has 156 valence electrons. The lowest BCUT2D eigenvalue weighted by molar-refractivity contribution is -0.120. The van der Waals surface area contributed by atoms with Crippen molar-refractivity contribution in [3.8, 4) is 5.82 Å². The van der Waals surface area contributed by atoms with Gasteiger partial charge in [-0.05, 0) is 44.5 Å². The first-order valence-corrected chi connectivity index (χ1v) is 9.45. The Kier molecular flexibility index (Phi) is 6.41. The summed E-state index contributed by atoms with van der Waals surface area (Å²) in [5.41, 5.74) is 1.68. The van der Waals surface area contributed by atoms with Gasteiger partial charge in [-0.15, -0.1) is 0 Å². The van der Waals surface area contributed by atoms with Gasteiger partial charge in [0.15, 0.2) is 5.82 Å². The minimum atomic E-state index is -0.565. The van der Waals surface area contributed by atoms with Crippen LogP contribution in [0.3, 0.4) is 0 Å². The number of benzene rings is 1. The van der Waals surface area contributed by atoms with Crippen molar-refractivity contribution in [2.24, 2.45) is 0 Å². The maximum Gasteiger partial charge on any atom is 0.412 e. The third-order valence-corrected chi connectivity index (χ3v) is 3.94. The van der Waals surface area contributed by atoms with E-state index in [1.54, 1.807) is 68.3 Å². The van der Waals surface area contributed by atoms with Crippen LogP contribution in [-0.2, 0) is 22.5 Å². The van der Waals surface area contributed by atoms with Gasteiger partial charge in [0, 0.05) is 24.0 Å². The van der Waals surface area contributed by atoms with Gasteiger partial charge in [0.2, 0.25) is 5.91 Å². The molecule has 0 aliphatic rings. The molecule has 0 fully saturated rings. The lowest BCUT2D eigenvalue weighted by Crippen LogP contribution is -2.27. The van der Waals surface area contributed by atoms with Crippen LogP contribution in [0.15, 0.2) is 55.2 Å². The van der Waals surface area contributed by atoms with Gasteiger partial charge in [-0.1, -0.05) is 18.2 Å². The highest BCUT2D eigenvalue weighted by atomic mass is 16.6. The normalized spacial score (nSPS) is 11.0. The highest BCUT2D eigenvalue weighted by molar-refractivity contribution is 5.85. The number of rotatable bonds is 6. The molecular formula is C21H24N6O3. The molecule has 0 radical (unpaired) electrons. The maximum atomic E-state index is 12.3. The molecule has 0 aliphatic heterocycles. The Hall–Kier alpha value is -3.75. The molecule has 0 aliphatic carbocycles. The number of amides is 2. The molecule has 2 aromatic heterocycles. The fourth-order valence-corrected chi connectivity index (χ4v) is 2.66. The highest BCUT2D eigenvalue weighted by Crippen LogP contribution is 2.14. The number of nitrogens with one attached hydrogen (secondary N) is 2. The summed E-state index contributed by atoms with van der Waals surface area (Å²) in [6.07, 6.45) is 4.34. The van der Waals surface area contributed by atoms with Crippen LogP contribution in [-0.4, -0.2) is 37.3 Å². The lowest BCUT2D eigenvalue weighted by Gasteiger charge is -2.19. The number of aromatic nitrogens is 4. The molecule has 1 aromatic carbocycles. The van der Waals surface area contributed by atoms with Gasteiger partial charge in [-0.2, -0.15) is 5.10 Å². The van der Waals surface area contributed by atoms with Crippen LogP contribution < -0.4 is 10.6 Å². The van der Waals surface area contributed by atoms with Gasteiger partial charge in [0.1, 0.15) is 18.3 Å². The first kappa shape index (κ1) is 21.0. The summed E-state index contributed by atoms with van der Waals surface area (Å²) in [6.45, 7) is 5.72. The number of hydrogen-bond acceptors (Lipinski definition) is 6. The van der Waals surface area contributed by atoms with Crippen molar-refractivity contribution in [2.45, 2.75) is 39.3 Å². The smallest absolute Gasteiger partial charge is 0.412 e. The van der Waals surface area contributed by atoms with E-state index in [1.165, 1.54) is 6.33 Å². The van der Waals surface area contributed by atoms with E-state index in [4.69, 9.17) is 4.74 Å². The van der Waals surface area contributed by atoms with Crippen LogP contribution in [0.5, 0.6) is 0 Å². The van der Waals surface area contributed by atoms with E-state index in [0.717, 1.165) is 11.1 Å². The van der Waals surface area contributed by atoms with Crippen molar-refractivity contribution < 1.29 is 14.3 Å². The molecule has 2 amide bonds. The van der Waals surface area contributed by atoms with Gasteiger partial charge < -0.3 is 10.1 Å². The molecule has 0 atom stereocenters. The molecule has 2 N–H and O–H groups in total. The second-order valence-electron chi connectivity index (χ2n) is 7.60. The molecule has 9 heteroatoms. The van der Waals surface area contributed by atoms with Crippen LogP contribution in [0.25, 0.3) is 5.82 Å². The molecule has 0 saturated carbocycles. The van der Waals surface area contributed by atoms with E-state index >= 15 is 0 Å². The Morgan fingerprint density at radius 2 is 1.90 bits per heavy atom. The fraction of sp³-hybridized carbons (Fsp3) is 0.286. The molecule has 0 bridgehead atoms. The summed E-state index contributed by atoms with van der Waals surface area (Å²) < 4.78 is 6.77. The molecule has 0 saturated heterocycles. The summed E-state index contributed by atoms with van der Waals surface area (Å²) in [5, 5.41) is 9.64. The standard InChI is InChI=1S/C21H24N6O3/c1-21(2,3)30-20(29)26-17-8-6-15(7-9-17)11-18(28)24-12-16-5-4-10-23-19(16)27-14-22-13-25-27/h4-10,13-14H,11-12H2,1-3H3,(H,24,28)(H,26,29). The van der Waals surface area contributed by atoms with Crippen molar-refractivity contribution in [3.63, 3.8) is 0 Å². The first-order valence-electron chi connectivity index (χ1n) is 9.45. The minimum Gasteiger partial charge on any atom is -0.444 e.